The lowest BCUT2D eigenvalue weighted by Crippen LogP contribution is -1.94. The lowest BCUT2D eigenvalue weighted by atomic mass is 9.98. The van der Waals surface area contributed by atoms with Gasteiger partial charge in [-0.25, -0.2) is 4.79 Å². The molecule has 3 heteroatoms. The maximum Gasteiger partial charge on any atom is 0.328 e. The Morgan fingerprint density at radius 1 is 1.44 bits per heavy atom. The maximum atomic E-state index is 10.7. The van der Waals surface area contributed by atoms with Crippen LogP contribution in [-0.2, 0) is 4.79 Å². The van der Waals surface area contributed by atoms with Gasteiger partial charge in [-0.2, -0.15) is 0 Å². The van der Waals surface area contributed by atoms with Crippen LogP contribution in [0, 0.1) is 6.92 Å². The molecular weight excluding hydrogens is 204 g/mol. The Balaban J connectivity index is 3.20. The van der Waals surface area contributed by atoms with Gasteiger partial charge in [0.15, 0.2) is 0 Å². The van der Waals surface area contributed by atoms with Gasteiger partial charge in [0.25, 0.3) is 0 Å². The van der Waals surface area contributed by atoms with Crippen LogP contribution in [0.1, 0.15) is 30.9 Å². The first-order valence-corrected chi connectivity index (χ1v) is 5.28. The number of phenolic OH excluding ortho intramolecular Hbond substituents is 1. The molecule has 0 aliphatic carbocycles. The van der Waals surface area contributed by atoms with E-state index in [9.17, 15) is 9.90 Å². The van der Waals surface area contributed by atoms with Gasteiger partial charge in [0.05, 0.1) is 0 Å². The van der Waals surface area contributed by atoms with E-state index in [4.69, 9.17) is 5.11 Å². The molecule has 0 radical (unpaired) electrons. The molecule has 0 spiro atoms. The number of aliphatic carboxylic acids is 1. The van der Waals surface area contributed by atoms with Crippen molar-refractivity contribution in [3.05, 3.63) is 35.4 Å². The molecule has 0 saturated carbocycles. The molecule has 0 aromatic heterocycles. The summed E-state index contributed by atoms with van der Waals surface area (Å²) < 4.78 is 0. The fraction of sp³-hybridized carbons (Fsp3) is 0.308. The summed E-state index contributed by atoms with van der Waals surface area (Å²) in [7, 11) is 0. The van der Waals surface area contributed by atoms with Crippen molar-refractivity contribution >= 4 is 11.5 Å². The minimum absolute atomic E-state index is 0.131. The van der Waals surface area contributed by atoms with E-state index in [1.165, 1.54) is 0 Å². The zero-order valence-corrected chi connectivity index (χ0v) is 9.53. The molecule has 1 rings (SSSR count). The van der Waals surface area contributed by atoms with Crippen molar-refractivity contribution in [2.75, 3.05) is 0 Å². The molecule has 1 aromatic rings. The number of rotatable bonds is 4. The smallest absolute Gasteiger partial charge is 0.328 e. The van der Waals surface area contributed by atoms with Crippen LogP contribution in [-0.4, -0.2) is 16.2 Å². The van der Waals surface area contributed by atoms with Crippen LogP contribution in [0.4, 0.5) is 0 Å². The zero-order chi connectivity index (χ0) is 12.1. The van der Waals surface area contributed by atoms with Gasteiger partial charge >= 0.3 is 5.97 Å². The van der Waals surface area contributed by atoms with Gasteiger partial charge in [-0.05, 0) is 31.1 Å². The Bertz CT molecular complexity index is 419. The summed E-state index contributed by atoms with van der Waals surface area (Å²) in [5.41, 5.74) is 2.28. The molecule has 0 fully saturated rings. The molecule has 86 valence electrons. The topological polar surface area (TPSA) is 57.5 Å². The highest BCUT2D eigenvalue weighted by Crippen LogP contribution is 2.29. The first-order chi connectivity index (χ1) is 7.54. The van der Waals surface area contributed by atoms with Gasteiger partial charge < -0.3 is 10.2 Å². The molecule has 0 atom stereocenters. The van der Waals surface area contributed by atoms with Crippen LogP contribution < -0.4 is 0 Å². The molecular formula is C13H16O3. The molecule has 0 saturated heterocycles. The molecule has 3 nitrogen and oxygen atoms in total. The fourth-order valence-corrected chi connectivity index (χ4v) is 1.61. The average Bonchev–Trinajstić information content (AvgIpc) is 2.20. The number of hydrogen-bond donors (Lipinski definition) is 2. The Morgan fingerprint density at radius 2 is 2.12 bits per heavy atom. The minimum atomic E-state index is -0.982. The number of aryl methyl sites for hydroxylation is 1. The van der Waals surface area contributed by atoms with Crippen molar-refractivity contribution in [1.29, 1.82) is 0 Å². The minimum Gasteiger partial charge on any atom is -0.507 e. The molecule has 16 heavy (non-hydrogen) atoms. The second kappa shape index (κ2) is 5.35. The van der Waals surface area contributed by atoms with Gasteiger partial charge in [0.1, 0.15) is 5.75 Å². The first-order valence-electron chi connectivity index (χ1n) is 5.28. The molecule has 0 aliphatic rings. The average molecular weight is 220 g/mol. The summed E-state index contributed by atoms with van der Waals surface area (Å²) in [6, 6.07) is 5.19. The molecule has 0 unspecified atom stereocenters. The Hall–Kier alpha value is -1.77. The van der Waals surface area contributed by atoms with E-state index in [2.05, 4.69) is 0 Å². The molecule has 0 aliphatic heterocycles. The van der Waals surface area contributed by atoms with E-state index in [1.54, 1.807) is 18.2 Å². The summed E-state index contributed by atoms with van der Waals surface area (Å²) >= 11 is 0. The first kappa shape index (κ1) is 12.3. The van der Waals surface area contributed by atoms with Crippen molar-refractivity contribution < 1.29 is 15.0 Å². The third-order valence-corrected chi connectivity index (χ3v) is 2.32. The second-order valence-electron chi connectivity index (χ2n) is 3.78. The Morgan fingerprint density at radius 3 is 2.69 bits per heavy atom. The van der Waals surface area contributed by atoms with E-state index in [0.29, 0.717) is 17.6 Å². The number of benzene rings is 1. The number of carbonyl (C=O) groups is 1. The lowest BCUT2D eigenvalue weighted by molar-refractivity contribution is -0.131. The Labute approximate surface area is 95.0 Å². The van der Waals surface area contributed by atoms with Crippen molar-refractivity contribution in [2.24, 2.45) is 0 Å². The number of carboxylic acid groups (broad SMARTS) is 1. The predicted octanol–water partition coefficient (Wildman–Crippen LogP) is 2.97. The van der Waals surface area contributed by atoms with Gasteiger partial charge in [-0.1, -0.05) is 25.0 Å². The predicted molar refractivity (Wildman–Crippen MR) is 63.4 cm³/mol. The van der Waals surface area contributed by atoms with Crippen LogP contribution in [0.5, 0.6) is 5.75 Å². The van der Waals surface area contributed by atoms with Gasteiger partial charge in [-0.3, -0.25) is 0 Å². The van der Waals surface area contributed by atoms with Crippen LogP contribution in [0.2, 0.25) is 0 Å². The summed E-state index contributed by atoms with van der Waals surface area (Å²) in [5.74, 6) is -0.851. The highest BCUT2D eigenvalue weighted by atomic mass is 16.4. The molecule has 0 amide bonds. The van der Waals surface area contributed by atoms with Gasteiger partial charge in [0.2, 0.25) is 0 Å². The largest absolute Gasteiger partial charge is 0.507 e. The highest BCUT2D eigenvalue weighted by Gasteiger charge is 2.08. The van der Waals surface area contributed by atoms with E-state index in [-0.39, 0.29) is 5.75 Å². The summed E-state index contributed by atoms with van der Waals surface area (Å²) in [4.78, 5) is 10.7. The van der Waals surface area contributed by atoms with E-state index >= 15 is 0 Å². The lowest BCUT2D eigenvalue weighted by Gasteiger charge is -2.09. The van der Waals surface area contributed by atoms with Crippen LogP contribution >= 0.6 is 0 Å². The monoisotopic (exact) mass is 220 g/mol. The standard InChI is InChI=1S/C13H16O3/c1-3-4-10(8-13(15)16)11-7-9(2)5-6-12(11)14/h5-8,14H,3-4H2,1-2H3,(H,15,16)/b10-8+. The molecule has 0 bridgehead atoms. The summed E-state index contributed by atoms with van der Waals surface area (Å²) in [6.45, 7) is 3.88. The van der Waals surface area contributed by atoms with Crippen molar-refractivity contribution in [2.45, 2.75) is 26.7 Å². The quantitative estimate of drug-likeness (QED) is 0.767. The summed E-state index contributed by atoms with van der Waals surface area (Å²) in [5, 5.41) is 18.5. The number of allylic oxidation sites excluding steroid dienone is 1. The number of hydrogen-bond acceptors (Lipinski definition) is 2. The molecule has 1 aromatic carbocycles. The third-order valence-electron chi connectivity index (χ3n) is 2.32. The Kier molecular flexibility index (Phi) is 4.11. The van der Waals surface area contributed by atoms with Crippen LogP contribution in [0.3, 0.4) is 0 Å². The van der Waals surface area contributed by atoms with Gasteiger partial charge in [-0.15, -0.1) is 0 Å². The highest BCUT2D eigenvalue weighted by molar-refractivity contribution is 5.91. The van der Waals surface area contributed by atoms with E-state index in [0.717, 1.165) is 18.1 Å². The van der Waals surface area contributed by atoms with Crippen LogP contribution in [0.25, 0.3) is 5.57 Å². The second-order valence-corrected chi connectivity index (χ2v) is 3.78. The fourth-order valence-electron chi connectivity index (χ4n) is 1.61. The zero-order valence-electron chi connectivity index (χ0n) is 9.53. The van der Waals surface area contributed by atoms with Crippen molar-refractivity contribution in [3.8, 4) is 5.75 Å². The van der Waals surface area contributed by atoms with E-state index in [1.807, 2.05) is 13.8 Å². The van der Waals surface area contributed by atoms with E-state index < -0.39 is 5.97 Å². The van der Waals surface area contributed by atoms with Crippen LogP contribution in [0.15, 0.2) is 24.3 Å². The van der Waals surface area contributed by atoms with Crippen molar-refractivity contribution in [3.63, 3.8) is 0 Å². The third kappa shape index (κ3) is 3.12. The molecule has 2 N–H and O–H groups in total. The van der Waals surface area contributed by atoms with Crippen molar-refractivity contribution in [1.82, 2.24) is 0 Å². The number of carboxylic acids is 1. The SMILES string of the molecule is CCC/C(=C\C(=O)O)c1cc(C)ccc1O. The number of aromatic hydroxyl groups is 1. The maximum absolute atomic E-state index is 10.7. The normalized spacial score (nSPS) is 11.5. The van der Waals surface area contributed by atoms with Gasteiger partial charge in [0, 0.05) is 11.6 Å². The number of phenols is 1. The molecule has 0 heterocycles. The summed E-state index contributed by atoms with van der Waals surface area (Å²) in [6.07, 6.45) is 2.65.